The molecule has 0 bridgehead atoms. The molecule has 2 atom stereocenters. The molecule has 4 heterocycles. The standard InChI is InChI=1S/C52H38N4/c1-4-15-35(16-5-1)46-32-39(33-47(54-46)36-17-6-2-7-18-36)37-19-12-22-41(31-37)55-48-26-11-10-23-45(48)51-42(24-13-27-49(51)55)38-28-29-43-44-25-14-30-53-52(44)56(50(43)34-38)40-20-8-3-9-21-40/h1-9,11-22,24-34,45,48H,10,23H2. The highest BCUT2D eigenvalue weighted by Crippen LogP contribution is 2.53. The van der Waals surface area contributed by atoms with Crippen molar-refractivity contribution in [2.45, 2.75) is 24.8 Å². The van der Waals surface area contributed by atoms with Gasteiger partial charge < -0.3 is 4.90 Å². The first-order chi connectivity index (χ1) is 27.8. The van der Waals surface area contributed by atoms with Crippen molar-refractivity contribution in [1.29, 1.82) is 0 Å². The van der Waals surface area contributed by atoms with Gasteiger partial charge in [-0.25, -0.2) is 9.97 Å². The van der Waals surface area contributed by atoms with Gasteiger partial charge in [0.25, 0.3) is 0 Å². The van der Waals surface area contributed by atoms with Gasteiger partial charge in [0.15, 0.2) is 0 Å². The molecular weight excluding hydrogens is 681 g/mol. The number of allylic oxidation sites excluding steroid dienone is 1. The topological polar surface area (TPSA) is 34.0 Å². The molecule has 0 amide bonds. The van der Waals surface area contributed by atoms with Crippen LogP contribution in [-0.2, 0) is 0 Å². The van der Waals surface area contributed by atoms with Gasteiger partial charge in [0, 0.05) is 51.1 Å². The molecule has 11 rings (SSSR count). The molecule has 0 spiro atoms. The molecule has 1 aliphatic heterocycles. The zero-order valence-electron chi connectivity index (χ0n) is 30.8. The van der Waals surface area contributed by atoms with E-state index in [1.807, 2.05) is 12.3 Å². The van der Waals surface area contributed by atoms with E-state index in [1.54, 1.807) is 0 Å². The van der Waals surface area contributed by atoms with E-state index < -0.39 is 0 Å². The normalized spacial score (nSPS) is 16.0. The summed E-state index contributed by atoms with van der Waals surface area (Å²) in [6, 6.07) is 63.5. The molecule has 4 nitrogen and oxygen atoms in total. The molecule has 0 saturated heterocycles. The molecule has 0 fully saturated rings. The molecule has 9 aromatic rings. The number of pyridine rings is 2. The van der Waals surface area contributed by atoms with Gasteiger partial charge >= 0.3 is 0 Å². The van der Waals surface area contributed by atoms with Crippen molar-refractivity contribution in [3.05, 3.63) is 200 Å². The molecule has 56 heavy (non-hydrogen) atoms. The van der Waals surface area contributed by atoms with Crippen molar-refractivity contribution in [1.82, 2.24) is 14.5 Å². The van der Waals surface area contributed by atoms with Crippen LogP contribution in [0.25, 0.3) is 72.4 Å². The summed E-state index contributed by atoms with van der Waals surface area (Å²) in [6.07, 6.45) is 8.91. The summed E-state index contributed by atoms with van der Waals surface area (Å²) in [5.74, 6) is 0.377. The number of fused-ring (bicyclic) bond motifs is 6. The molecule has 6 aromatic carbocycles. The SMILES string of the molecule is C1=CC2C(CC1)c1c(-c3ccc4c5cccnc5n(-c5ccccc5)c4c3)cccc1N2c1cccc(-c2cc(-c3ccccc3)nc(-c3ccccc3)c2)c1. The molecule has 2 aliphatic rings. The molecule has 3 aromatic heterocycles. The number of aromatic nitrogens is 3. The number of benzene rings is 6. The summed E-state index contributed by atoms with van der Waals surface area (Å²) < 4.78 is 2.31. The Bertz CT molecular complexity index is 2870. The molecule has 0 radical (unpaired) electrons. The Morgan fingerprint density at radius 3 is 1.98 bits per heavy atom. The lowest BCUT2D eigenvalue weighted by Gasteiger charge is -2.30. The third kappa shape index (κ3) is 5.37. The van der Waals surface area contributed by atoms with Gasteiger partial charge in [0.1, 0.15) is 5.65 Å². The minimum atomic E-state index is 0.232. The molecule has 0 N–H and O–H groups in total. The van der Waals surface area contributed by atoms with E-state index in [0.717, 1.165) is 52.3 Å². The van der Waals surface area contributed by atoms with E-state index in [2.05, 4.69) is 191 Å². The Hall–Kier alpha value is -7.04. The van der Waals surface area contributed by atoms with Gasteiger partial charge in [-0.15, -0.1) is 0 Å². The van der Waals surface area contributed by atoms with Crippen LogP contribution >= 0.6 is 0 Å². The van der Waals surface area contributed by atoms with Crippen molar-refractivity contribution < 1.29 is 0 Å². The predicted molar refractivity (Wildman–Crippen MR) is 232 cm³/mol. The average molecular weight is 719 g/mol. The van der Waals surface area contributed by atoms with Crippen LogP contribution in [-0.4, -0.2) is 20.6 Å². The maximum atomic E-state index is 5.15. The van der Waals surface area contributed by atoms with Gasteiger partial charge in [0.05, 0.1) is 22.9 Å². The highest BCUT2D eigenvalue weighted by Gasteiger charge is 2.40. The van der Waals surface area contributed by atoms with Gasteiger partial charge in [-0.3, -0.25) is 4.57 Å². The zero-order valence-corrected chi connectivity index (χ0v) is 30.8. The highest BCUT2D eigenvalue weighted by molar-refractivity contribution is 6.09. The average Bonchev–Trinajstić information content (AvgIpc) is 3.80. The van der Waals surface area contributed by atoms with Crippen molar-refractivity contribution in [2.24, 2.45) is 0 Å². The lowest BCUT2D eigenvalue weighted by atomic mass is 9.83. The molecule has 2 unspecified atom stereocenters. The number of hydrogen-bond donors (Lipinski definition) is 0. The van der Waals surface area contributed by atoms with Crippen LogP contribution < -0.4 is 4.90 Å². The summed E-state index contributed by atoms with van der Waals surface area (Å²) in [7, 11) is 0. The Balaban J connectivity index is 1.05. The second-order valence-electron chi connectivity index (χ2n) is 14.9. The largest absolute Gasteiger partial charge is 0.334 e. The Labute approximate surface area is 326 Å². The van der Waals surface area contributed by atoms with Crippen LogP contribution in [0.5, 0.6) is 0 Å². The summed E-state index contributed by atoms with van der Waals surface area (Å²) in [5.41, 5.74) is 16.2. The quantitative estimate of drug-likeness (QED) is 0.161. The van der Waals surface area contributed by atoms with E-state index in [-0.39, 0.29) is 6.04 Å². The highest BCUT2D eigenvalue weighted by atomic mass is 15.2. The number of para-hydroxylation sites is 1. The Kier molecular flexibility index (Phi) is 7.73. The first-order valence-corrected chi connectivity index (χ1v) is 19.6. The van der Waals surface area contributed by atoms with Crippen LogP contribution in [0.3, 0.4) is 0 Å². The van der Waals surface area contributed by atoms with E-state index in [1.165, 1.54) is 49.9 Å². The molecule has 266 valence electrons. The van der Waals surface area contributed by atoms with Gasteiger partial charge in [-0.1, -0.05) is 127 Å². The summed E-state index contributed by atoms with van der Waals surface area (Å²) in [5, 5.41) is 2.38. The minimum absolute atomic E-state index is 0.232. The fourth-order valence-electron chi connectivity index (χ4n) is 9.17. The first kappa shape index (κ1) is 32.4. The summed E-state index contributed by atoms with van der Waals surface area (Å²) in [4.78, 5) is 12.6. The minimum Gasteiger partial charge on any atom is -0.334 e. The van der Waals surface area contributed by atoms with Crippen LogP contribution in [0.1, 0.15) is 24.3 Å². The molecule has 1 aliphatic carbocycles. The van der Waals surface area contributed by atoms with E-state index in [0.29, 0.717) is 5.92 Å². The number of rotatable bonds is 6. The summed E-state index contributed by atoms with van der Waals surface area (Å²) >= 11 is 0. The van der Waals surface area contributed by atoms with Crippen LogP contribution in [0, 0.1) is 0 Å². The molecule has 4 heteroatoms. The number of anilines is 2. The van der Waals surface area contributed by atoms with Gasteiger partial charge in [0.2, 0.25) is 0 Å². The predicted octanol–water partition coefficient (Wildman–Crippen LogP) is 13.2. The number of nitrogens with zero attached hydrogens (tertiary/aromatic N) is 4. The third-order valence-electron chi connectivity index (χ3n) is 11.7. The van der Waals surface area contributed by atoms with Gasteiger partial charge in [-0.2, -0.15) is 0 Å². The zero-order chi connectivity index (χ0) is 37.0. The van der Waals surface area contributed by atoms with Crippen LogP contribution in [0.15, 0.2) is 194 Å². The van der Waals surface area contributed by atoms with Crippen molar-refractivity contribution >= 4 is 33.3 Å². The maximum absolute atomic E-state index is 5.15. The third-order valence-corrected chi connectivity index (χ3v) is 11.7. The van der Waals surface area contributed by atoms with Crippen molar-refractivity contribution in [3.63, 3.8) is 0 Å². The Morgan fingerprint density at radius 1 is 0.518 bits per heavy atom. The second kappa shape index (κ2) is 13.4. The Morgan fingerprint density at radius 2 is 1.21 bits per heavy atom. The fourth-order valence-corrected chi connectivity index (χ4v) is 9.17. The lowest BCUT2D eigenvalue weighted by molar-refractivity contribution is 0.573. The fraction of sp³-hybridized carbons (Fsp3) is 0.0769. The van der Waals surface area contributed by atoms with Crippen LogP contribution in [0.2, 0.25) is 0 Å². The van der Waals surface area contributed by atoms with Crippen molar-refractivity contribution in [3.8, 4) is 50.5 Å². The van der Waals surface area contributed by atoms with E-state index >= 15 is 0 Å². The molecular formula is C52H38N4. The van der Waals surface area contributed by atoms with Gasteiger partial charge in [-0.05, 0) is 101 Å². The van der Waals surface area contributed by atoms with E-state index in [9.17, 15) is 0 Å². The first-order valence-electron chi connectivity index (χ1n) is 19.6. The summed E-state index contributed by atoms with van der Waals surface area (Å²) in [6.45, 7) is 0. The van der Waals surface area contributed by atoms with Crippen LogP contribution in [0.4, 0.5) is 11.4 Å². The number of hydrogen-bond acceptors (Lipinski definition) is 3. The van der Waals surface area contributed by atoms with E-state index in [4.69, 9.17) is 9.97 Å². The maximum Gasteiger partial charge on any atom is 0.145 e. The van der Waals surface area contributed by atoms with Crippen molar-refractivity contribution in [2.75, 3.05) is 4.90 Å². The smallest absolute Gasteiger partial charge is 0.145 e. The monoisotopic (exact) mass is 718 g/mol. The molecule has 0 saturated carbocycles. The second-order valence-corrected chi connectivity index (χ2v) is 14.9. The lowest BCUT2D eigenvalue weighted by Crippen LogP contribution is -2.29.